The fourth-order valence-corrected chi connectivity index (χ4v) is 4.03. The SMILES string of the molecule is NC(=O)COc1ccc(Cl)cc1[C@H]1SCC(=O)N1c1ccc(Cl)cc1. The molecule has 0 aromatic heterocycles. The molecule has 1 aliphatic rings. The summed E-state index contributed by atoms with van der Waals surface area (Å²) >= 11 is 13.5. The van der Waals surface area contributed by atoms with E-state index in [1.165, 1.54) is 11.8 Å². The van der Waals surface area contributed by atoms with Gasteiger partial charge in [0.15, 0.2) is 6.61 Å². The molecule has 5 nitrogen and oxygen atoms in total. The lowest BCUT2D eigenvalue weighted by molar-refractivity contribution is -0.120. The van der Waals surface area contributed by atoms with Gasteiger partial charge in [-0.25, -0.2) is 0 Å². The topological polar surface area (TPSA) is 72.6 Å². The highest BCUT2D eigenvalue weighted by Gasteiger charge is 2.36. The summed E-state index contributed by atoms with van der Waals surface area (Å²) in [5.41, 5.74) is 6.59. The van der Waals surface area contributed by atoms with Crippen molar-refractivity contribution in [1.82, 2.24) is 0 Å². The second-order valence-corrected chi connectivity index (χ2v) is 7.28. The lowest BCUT2D eigenvalue weighted by atomic mass is 10.1. The second kappa shape index (κ2) is 7.56. The summed E-state index contributed by atoms with van der Waals surface area (Å²) < 4.78 is 5.50. The lowest BCUT2D eigenvalue weighted by Crippen LogP contribution is -2.28. The summed E-state index contributed by atoms with van der Waals surface area (Å²) in [6.07, 6.45) is 0. The van der Waals surface area contributed by atoms with E-state index in [4.69, 9.17) is 33.7 Å². The number of nitrogens with zero attached hydrogens (tertiary/aromatic N) is 1. The van der Waals surface area contributed by atoms with E-state index >= 15 is 0 Å². The first-order valence-electron chi connectivity index (χ1n) is 7.35. The van der Waals surface area contributed by atoms with Crippen molar-refractivity contribution in [3.8, 4) is 5.75 Å². The maximum absolute atomic E-state index is 12.4. The predicted octanol–water partition coefficient (Wildman–Crippen LogP) is 3.64. The third-order valence-electron chi connectivity index (χ3n) is 3.58. The van der Waals surface area contributed by atoms with Gasteiger partial charge in [-0.2, -0.15) is 0 Å². The Hall–Kier alpha value is -1.89. The zero-order valence-corrected chi connectivity index (χ0v) is 15.3. The van der Waals surface area contributed by atoms with Crippen LogP contribution in [0.1, 0.15) is 10.9 Å². The van der Waals surface area contributed by atoms with Crippen LogP contribution in [0.5, 0.6) is 5.75 Å². The standard InChI is InChI=1S/C17H14Cl2N2O3S/c18-10-1-4-12(5-2-10)21-16(23)9-25-17(21)13-7-11(19)3-6-14(13)24-8-15(20)22/h1-7,17H,8-9H2,(H2,20,22)/t17-/m1/s1. The molecule has 2 aromatic rings. The molecule has 1 saturated heterocycles. The van der Waals surface area contributed by atoms with Crippen LogP contribution in [0, 0.1) is 0 Å². The summed E-state index contributed by atoms with van der Waals surface area (Å²) in [6.45, 7) is -0.249. The number of thioether (sulfide) groups is 1. The zero-order valence-electron chi connectivity index (χ0n) is 12.9. The molecule has 130 valence electrons. The maximum atomic E-state index is 12.4. The summed E-state index contributed by atoms with van der Waals surface area (Å²) in [5.74, 6) is 0.188. The van der Waals surface area contributed by atoms with Gasteiger partial charge in [0, 0.05) is 21.3 Å². The number of hydrogen-bond donors (Lipinski definition) is 1. The molecule has 2 N–H and O–H groups in total. The quantitative estimate of drug-likeness (QED) is 0.836. The molecule has 1 fully saturated rings. The van der Waals surface area contributed by atoms with Crippen LogP contribution < -0.4 is 15.4 Å². The number of anilines is 1. The highest BCUT2D eigenvalue weighted by atomic mass is 35.5. The molecule has 2 amide bonds. The van der Waals surface area contributed by atoms with Crippen LogP contribution >= 0.6 is 35.0 Å². The van der Waals surface area contributed by atoms with Crippen molar-refractivity contribution in [2.45, 2.75) is 5.37 Å². The smallest absolute Gasteiger partial charge is 0.255 e. The van der Waals surface area contributed by atoms with E-state index in [-0.39, 0.29) is 17.9 Å². The first-order valence-corrected chi connectivity index (χ1v) is 9.16. The molecule has 1 atom stereocenters. The Kier molecular flexibility index (Phi) is 5.42. The molecule has 0 bridgehead atoms. The monoisotopic (exact) mass is 396 g/mol. The van der Waals surface area contributed by atoms with Crippen molar-refractivity contribution >= 4 is 52.5 Å². The third kappa shape index (κ3) is 4.03. The molecule has 2 aromatic carbocycles. The number of carbonyl (C=O) groups is 2. The van der Waals surface area contributed by atoms with Gasteiger partial charge in [-0.3, -0.25) is 14.5 Å². The van der Waals surface area contributed by atoms with E-state index < -0.39 is 5.91 Å². The maximum Gasteiger partial charge on any atom is 0.255 e. The van der Waals surface area contributed by atoms with E-state index in [2.05, 4.69) is 0 Å². The van der Waals surface area contributed by atoms with E-state index in [9.17, 15) is 9.59 Å². The first-order chi connectivity index (χ1) is 12.0. The minimum Gasteiger partial charge on any atom is -0.483 e. The van der Waals surface area contributed by atoms with Crippen molar-refractivity contribution in [2.24, 2.45) is 5.73 Å². The number of primary amides is 1. The molecular formula is C17H14Cl2N2O3S. The number of halogens is 2. The van der Waals surface area contributed by atoms with E-state index in [0.29, 0.717) is 27.1 Å². The molecule has 1 heterocycles. The van der Waals surface area contributed by atoms with Crippen molar-refractivity contribution < 1.29 is 14.3 Å². The molecule has 0 unspecified atom stereocenters. The number of rotatable bonds is 5. The summed E-state index contributed by atoms with van der Waals surface area (Å²) in [7, 11) is 0. The average molecular weight is 397 g/mol. The molecule has 3 rings (SSSR count). The Morgan fingerprint density at radius 1 is 1.20 bits per heavy atom. The van der Waals surface area contributed by atoms with Gasteiger partial charge in [-0.05, 0) is 42.5 Å². The number of amides is 2. The van der Waals surface area contributed by atoms with Crippen molar-refractivity contribution in [1.29, 1.82) is 0 Å². The normalized spacial score (nSPS) is 17.0. The van der Waals surface area contributed by atoms with Gasteiger partial charge in [0.2, 0.25) is 5.91 Å². The first kappa shape index (κ1) is 17.9. The molecule has 1 aliphatic heterocycles. The van der Waals surface area contributed by atoms with Crippen LogP contribution in [-0.2, 0) is 9.59 Å². The second-order valence-electron chi connectivity index (χ2n) is 5.34. The van der Waals surface area contributed by atoms with Gasteiger partial charge in [0.25, 0.3) is 5.91 Å². The van der Waals surface area contributed by atoms with Crippen LogP contribution in [-0.4, -0.2) is 24.2 Å². The van der Waals surface area contributed by atoms with E-state index in [1.807, 2.05) is 0 Å². The van der Waals surface area contributed by atoms with Gasteiger partial charge in [0.1, 0.15) is 11.1 Å². The summed E-state index contributed by atoms with van der Waals surface area (Å²) in [4.78, 5) is 25.1. The minimum absolute atomic E-state index is 0.0295. The molecule has 0 aliphatic carbocycles. The number of carbonyl (C=O) groups excluding carboxylic acids is 2. The van der Waals surface area contributed by atoms with Crippen LogP contribution in [0.15, 0.2) is 42.5 Å². The molecule has 0 radical (unpaired) electrons. The minimum atomic E-state index is -0.578. The molecule has 25 heavy (non-hydrogen) atoms. The largest absolute Gasteiger partial charge is 0.483 e. The van der Waals surface area contributed by atoms with Crippen LogP contribution in [0.3, 0.4) is 0 Å². The molecular weight excluding hydrogens is 383 g/mol. The predicted molar refractivity (Wildman–Crippen MR) is 100 cm³/mol. The zero-order chi connectivity index (χ0) is 18.0. The van der Waals surface area contributed by atoms with Gasteiger partial charge in [-0.1, -0.05) is 23.2 Å². The number of benzene rings is 2. The molecule has 0 spiro atoms. The van der Waals surface area contributed by atoms with Crippen LogP contribution in [0.25, 0.3) is 0 Å². The highest BCUT2D eigenvalue weighted by Crippen LogP contribution is 2.45. The number of nitrogens with two attached hydrogens (primary N) is 1. The Morgan fingerprint density at radius 3 is 2.56 bits per heavy atom. The van der Waals surface area contributed by atoms with Crippen molar-refractivity contribution in [2.75, 3.05) is 17.3 Å². The Bertz CT molecular complexity index is 814. The van der Waals surface area contributed by atoms with Gasteiger partial charge >= 0.3 is 0 Å². The Balaban J connectivity index is 1.98. The average Bonchev–Trinajstić information content (AvgIpc) is 2.96. The summed E-state index contributed by atoms with van der Waals surface area (Å²) in [5, 5.41) is 0.778. The fraction of sp³-hybridized carbons (Fsp3) is 0.176. The van der Waals surface area contributed by atoms with Crippen LogP contribution in [0.4, 0.5) is 5.69 Å². The number of ether oxygens (including phenoxy) is 1. The fourth-order valence-electron chi connectivity index (χ4n) is 2.53. The van der Waals surface area contributed by atoms with Gasteiger partial charge in [-0.15, -0.1) is 11.8 Å². The van der Waals surface area contributed by atoms with Gasteiger partial charge in [0.05, 0.1) is 5.75 Å². The number of hydrogen-bond acceptors (Lipinski definition) is 4. The lowest BCUT2D eigenvalue weighted by Gasteiger charge is -2.26. The van der Waals surface area contributed by atoms with Gasteiger partial charge < -0.3 is 10.5 Å². The Morgan fingerprint density at radius 2 is 1.88 bits per heavy atom. The van der Waals surface area contributed by atoms with Crippen molar-refractivity contribution in [3.63, 3.8) is 0 Å². The van der Waals surface area contributed by atoms with Crippen LogP contribution in [0.2, 0.25) is 10.0 Å². The highest BCUT2D eigenvalue weighted by molar-refractivity contribution is 8.00. The summed E-state index contributed by atoms with van der Waals surface area (Å²) in [6, 6.07) is 12.1. The molecule has 0 saturated carbocycles. The third-order valence-corrected chi connectivity index (χ3v) is 5.26. The Labute approximate surface area is 159 Å². The van der Waals surface area contributed by atoms with Crippen molar-refractivity contribution in [3.05, 3.63) is 58.1 Å². The van der Waals surface area contributed by atoms with E-state index in [0.717, 1.165) is 5.69 Å². The van der Waals surface area contributed by atoms with E-state index in [1.54, 1.807) is 47.4 Å². The molecule has 8 heteroatoms.